The van der Waals surface area contributed by atoms with Gasteiger partial charge in [0.25, 0.3) is 0 Å². The van der Waals surface area contributed by atoms with E-state index in [0.29, 0.717) is 12.4 Å². The number of thioether (sulfide) groups is 1. The van der Waals surface area contributed by atoms with Crippen LogP contribution in [-0.4, -0.2) is 24.8 Å². The number of unbranched alkanes of at least 4 members (excludes halogenated alkanes) is 7. The Morgan fingerprint density at radius 2 is 1.42 bits per heavy atom. The van der Waals surface area contributed by atoms with E-state index in [-0.39, 0.29) is 18.8 Å². The van der Waals surface area contributed by atoms with Crippen molar-refractivity contribution in [1.82, 2.24) is 0 Å². The van der Waals surface area contributed by atoms with Gasteiger partial charge in [-0.1, -0.05) is 51.9 Å². The van der Waals surface area contributed by atoms with Crippen molar-refractivity contribution in [2.75, 3.05) is 12.9 Å². The molecule has 1 aromatic rings. The van der Waals surface area contributed by atoms with Crippen LogP contribution < -0.4 is 4.74 Å². The highest BCUT2D eigenvalue weighted by Crippen LogP contribution is 2.19. The number of ether oxygens (including phenoxy) is 2. The van der Waals surface area contributed by atoms with Gasteiger partial charge in [-0.3, -0.25) is 9.59 Å². The van der Waals surface area contributed by atoms with E-state index in [1.54, 1.807) is 23.9 Å². The highest BCUT2D eigenvalue weighted by atomic mass is 32.2. The summed E-state index contributed by atoms with van der Waals surface area (Å²) in [7, 11) is 0. The van der Waals surface area contributed by atoms with Crippen molar-refractivity contribution in [2.24, 2.45) is 0 Å². The molecule has 0 saturated carbocycles. The van der Waals surface area contributed by atoms with Crippen LogP contribution in [0.15, 0.2) is 29.2 Å². The summed E-state index contributed by atoms with van der Waals surface area (Å²) in [6, 6.07) is 7.30. The number of benzene rings is 1. The number of esters is 2. The molecule has 26 heavy (non-hydrogen) atoms. The maximum atomic E-state index is 11.8. The van der Waals surface area contributed by atoms with Crippen molar-refractivity contribution in [3.05, 3.63) is 24.3 Å². The molecule has 0 spiro atoms. The number of hydrogen-bond donors (Lipinski definition) is 0. The van der Waals surface area contributed by atoms with E-state index in [0.717, 1.165) is 17.7 Å². The second-order valence-corrected chi connectivity index (χ2v) is 7.22. The fourth-order valence-corrected chi connectivity index (χ4v) is 2.93. The predicted octanol–water partition coefficient (Wildman–Crippen LogP) is 5.78. The summed E-state index contributed by atoms with van der Waals surface area (Å²) in [5, 5.41) is 0. The molecule has 0 saturated heterocycles. The molecule has 0 aliphatic rings. The quantitative estimate of drug-likeness (QED) is 0.177. The molecular formula is C21H32O4S. The molecule has 0 N–H and O–H groups in total. The zero-order valence-electron chi connectivity index (χ0n) is 16.1. The number of carbonyl (C=O) groups excluding carboxylic acids is 2. The summed E-state index contributed by atoms with van der Waals surface area (Å²) in [5.74, 6) is -0.242. The molecule has 0 unspecified atom stereocenters. The first kappa shape index (κ1) is 22.6. The Balaban J connectivity index is 2.02. The zero-order chi connectivity index (χ0) is 19.0. The van der Waals surface area contributed by atoms with E-state index in [1.165, 1.54) is 38.5 Å². The molecule has 4 nitrogen and oxygen atoms in total. The van der Waals surface area contributed by atoms with Gasteiger partial charge in [-0.2, -0.15) is 0 Å². The van der Waals surface area contributed by atoms with Crippen LogP contribution in [0.1, 0.15) is 71.1 Å². The van der Waals surface area contributed by atoms with Gasteiger partial charge in [-0.05, 0) is 36.9 Å². The third-order valence-corrected chi connectivity index (χ3v) is 4.83. The Morgan fingerprint density at radius 3 is 2.04 bits per heavy atom. The summed E-state index contributed by atoms with van der Waals surface area (Å²) in [5.41, 5.74) is 0. The van der Waals surface area contributed by atoms with Crippen molar-refractivity contribution in [3.8, 4) is 5.75 Å². The zero-order valence-corrected chi connectivity index (χ0v) is 16.9. The van der Waals surface area contributed by atoms with Crippen molar-refractivity contribution >= 4 is 23.7 Å². The van der Waals surface area contributed by atoms with E-state index in [2.05, 4.69) is 6.92 Å². The molecule has 5 heteroatoms. The lowest BCUT2D eigenvalue weighted by Gasteiger charge is -2.06. The fraction of sp³-hybridized carbons (Fsp3) is 0.619. The first-order chi connectivity index (χ1) is 12.7. The molecule has 0 heterocycles. The first-order valence-corrected chi connectivity index (χ1v) is 10.9. The maximum absolute atomic E-state index is 11.8. The van der Waals surface area contributed by atoms with E-state index < -0.39 is 5.97 Å². The van der Waals surface area contributed by atoms with Gasteiger partial charge in [0.1, 0.15) is 5.75 Å². The average molecular weight is 381 g/mol. The summed E-state index contributed by atoms with van der Waals surface area (Å²) in [6.07, 6.45) is 11.8. The van der Waals surface area contributed by atoms with Crippen molar-refractivity contribution in [1.29, 1.82) is 0 Å². The number of rotatable bonds is 14. The third kappa shape index (κ3) is 11.2. The molecule has 0 aliphatic carbocycles. The monoisotopic (exact) mass is 380 g/mol. The van der Waals surface area contributed by atoms with Gasteiger partial charge in [0, 0.05) is 4.90 Å². The smallest absolute Gasteiger partial charge is 0.311 e. The molecule has 1 aromatic carbocycles. The Labute approximate surface area is 162 Å². The van der Waals surface area contributed by atoms with Gasteiger partial charge >= 0.3 is 11.9 Å². The van der Waals surface area contributed by atoms with Crippen LogP contribution in [0.3, 0.4) is 0 Å². The lowest BCUT2D eigenvalue weighted by Crippen LogP contribution is -2.12. The molecule has 0 atom stereocenters. The van der Waals surface area contributed by atoms with Crippen LogP contribution in [0, 0.1) is 0 Å². The average Bonchev–Trinajstić information content (AvgIpc) is 2.65. The minimum absolute atomic E-state index is 0.0422. The second-order valence-electron chi connectivity index (χ2n) is 6.34. The van der Waals surface area contributed by atoms with Gasteiger partial charge in [-0.15, -0.1) is 11.8 Å². The van der Waals surface area contributed by atoms with Crippen LogP contribution in [0.2, 0.25) is 0 Å². The van der Waals surface area contributed by atoms with Gasteiger partial charge in [0.15, 0.2) is 0 Å². The maximum Gasteiger partial charge on any atom is 0.311 e. The molecule has 0 aromatic heterocycles. The van der Waals surface area contributed by atoms with Crippen LogP contribution in [0.25, 0.3) is 0 Å². The molecule has 0 aliphatic heterocycles. The Morgan fingerprint density at radius 1 is 0.846 bits per heavy atom. The summed E-state index contributed by atoms with van der Waals surface area (Å²) in [6.45, 7) is 2.66. The van der Waals surface area contributed by atoms with Gasteiger partial charge in [0.2, 0.25) is 0 Å². The van der Waals surface area contributed by atoms with Crippen LogP contribution in [-0.2, 0) is 14.3 Å². The largest absolute Gasteiger partial charge is 0.466 e. The third-order valence-electron chi connectivity index (χ3n) is 4.09. The molecule has 0 amide bonds. The van der Waals surface area contributed by atoms with Gasteiger partial charge in [-0.25, -0.2) is 0 Å². The molecule has 146 valence electrons. The fourth-order valence-electron chi connectivity index (χ4n) is 2.52. The first-order valence-electron chi connectivity index (χ1n) is 9.66. The number of hydrogen-bond acceptors (Lipinski definition) is 5. The van der Waals surface area contributed by atoms with E-state index >= 15 is 0 Å². The molecule has 0 bridgehead atoms. The topological polar surface area (TPSA) is 52.6 Å². The Kier molecular flexibility index (Phi) is 12.7. The van der Waals surface area contributed by atoms with Gasteiger partial charge in [0.05, 0.1) is 19.4 Å². The van der Waals surface area contributed by atoms with Crippen molar-refractivity contribution < 1.29 is 19.1 Å². The summed E-state index contributed by atoms with van der Waals surface area (Å²) >= 11 is 1.63. The lowest BCUT2D eigenvalue weighted by atomic mass is 10.1. The predicted molar refractivity (Wildman–Crippen MR) is 107 cm³/mol. The molecular weight excluding hydrogens is 348 g/mol. The van der Waals surface area contributed by atoms with E-state index in [9.17, 15) is 9.59 Å². The minimum atomic E-state index is -0.411. The van der Waals surface area contributed by atoms with Crippen molar-refractivity contribution in [2.45, 2.75) is 76.0 Å². The summed E-state index contributed by atoms with van der Waals surface area (Å²) in [4.78, 5) is 24.5. The highest BCUT2D eigenvalue weighted by molar-refractivity contribution is 7.98. The lowest BCUT2D eigenvalue weighted by molar-refractivity contribution is -0.147. The van der Waals surface area contributed by atoms with Crippen LogP contribution in [0.4, 0.5) is 0 Å². The highest BCUT2D eigenvalue weighted by Gasteiger charge is 2.10. The minimum Gasteiger partial charge on any atom is -0.466 e. The van der Waals surface area contributed by atoms with E-state index in [4.69, 9.17) is 9.47 Å². The van der Waals surface area contributed by atoms with Crippen LogP contribution in [0.5, 0.6) is 5.75 Å². The second kappa shape index (κ2) is 14.7. The Bertz CT molecular complexity index is 513. The SMILES string of the molecule is CCCCCCCCCCOC(=O)CCC(=O)Oc1ccc(SC)cc1. The molecule has 0 radical (unpaired) electrons. The Hall–Kier alpha value is -1.49. The molecule has 1 rings (SSSR count). The van der Waals surface area contributed by atoms with Gasteiger partial charge < -0.3 is 9.47 Å². The number of carbonyl (C=O) groups is 2. The standard InChI is InChI=1S/C21H32O4S/c1-3-4-5-6-7-8-9-10-17-24-20(22)15-16-21(23)25-18-11-13-19(26-2)14-12-18/h11-14H,3-10,15-17H2,1-2H3. The summed E-state index contributed by atoms with van der Waals surface area (Å²) < 4.78 is 10.4. The molecule has 0 fully saturated rings. The van der Waals surface area contributed by atoms with Crippen LogP contribution >= 0.6 is 11.8 Å². The van der Waals surface area contributed by atoms with Crippen molar-refractivity contribution in [3.63, 3.8) is 0 Å². The van der Waals surface area contributed by atoms with E-state index in [1.807, 2.05) is 18.4 Å². The normalized spacial score (nSPS) is 10.5.